The largest absolute Gasteiger partial charge is 0.465 e. The number of hydrogen-bond donors (Lipinski definition) is 5. The molecule has 9 nitrogen and oxygen atoms in total. The molecule has 1 aliphatic carbocycles. The van der Waals surface area contributed by atoms with E-state index in [1.807, 2.05) is 48.8 Å². The number of ether oxygens (including phenoxy) is 2. The molecule has 5 atom stereocenters. The van der Waals surface area contributed by atoms with Crippen LogP contribution in [0.2, 0.25) is 0 Å². The van der Waals surface area contributed by atoms with E-state index in [1.165, 1.54) is 0 Å². The average Bonchev–Trinajstić information content (AvgIpc) is 3.89. The number of H-pyrrole nitrogens is 1. The monoisotopic (exact) mass is 712 g/mol. The number of carbonyl (C=O) groups excluding carboxylic acids is 1. The number of fused-ring (bicyclic) bond motifs is 8. The lowest BCUT2D eigenvalue weighted by Crippen LogP contribution is -2.35. The minimum Gasteiger partial charge on any atom is -0.465 e. The summed E-state index contributed by atoms with van der Waals surface area (Å²) >= 11 is 0. The maximum Gasteiger partial charge on any atom is 0.191 e. The van der Waals surface area contributed by atoms with Crippen molar-refractivity contribution < 1.29 is 24.5 Å². The van der Waals surface area contributed by atoms with E-state index in [0.29, 0.717) is 37.2 Å². The van der Waals surface area contributed by atoms with Gasteiger partial charge in [0.2, 0.25) is 0 Å². The molecule has 274 valence electrons. The minimum atomic E-state index is -1.05. The molecule has 9 heteroatoms. The Kier molecular flexibility index (Phi) is 9.83. The number of aliphatic hydroxyl groups excluding tert-OH is 2. The van der Waals surface area contributed by atoms with Gasteiger partial charge in [0.05, 0.1) is 23.0 Å². The number of aryl methyl sites for hydroxylation is 1. The molecule has 1 fully saturated rings. The Morgan fingerprint density at radius 2 is 1.96 bits per heavy atom. The van der Waals surface area contributed by atoms with Crippen LogP contribution in [0.25, 0.3) is 17.0 Å². The summed E-state index contributed by atoms with van der Waals surface area (Å²) in [5.41, 5.74) is 12.7. The zero-order valence-electron chi connectivity index (χ0n) is 30.3. The van der Waals surface area contributed by atoms with E-state index >= 15 is 0 Å². The van der Waals surface area contributed by atoms with Gasteiger partial charge in [-0.2, -0.15) is 0 Å². The van der Waals surface area contributed by atoms with Gasteiger partial charge in [-0.15, -0.1) is 0 Å². The molecule has 2 aromatic carbocycles. The number of nitrogens with zero attached hydrogens (tertiary/aromatic N) is 1. The van der Waals surface area contributed by atoms with Crippen molar-refractivity contribution in [2.24, 2.45) is 17.1 Å². The molecule has 53 heavy (non-hydrogen) atoms. The molecule has 6 N–H and O–H groups in total. The molecule has 0 radical (unpaired) electrons. The number of benzene rings is 2. The molecule has 0 amide bonds. The number of aromatic amines is 1. The molecule has 2 aromatic heterocycles. The van der Waals surface area contributed by atoms with Crippen LogP contribution in [-0.2, 0) is 17.6 Å². The number of ketones is 1. The van der Waals surface area contributed by atoms with Gasteiger partial charge < -0.3 is 40.3 Å². The van der Waals surface area contributed by atoms with Gasteiger partial charge >= 0.3 is 0 Å². The number of aromatic nitrogens is 2. The maximum absolute atomic E-state index is 12.8. The average molecular weight is 713 g/mol. The summed E-state index contributed by atoms with van der Waals surface area (Å²) in [6.45, 7) is 2.13. The zero-order chi connectivity index (χ0) is 36.5. The third-order valence-corrected chi connectivity index (χ3v) is 11.6. The summed E-state index contributed by atoms with van der Waals surface area (Å²) in [6, 6.07) is 9.70. The van der Waals surface area contributed by atoms with Gasteiger partial charge in [-0.25, -0.2) is 0 Å². The van der Waals surface area contributed by atoms with Gasteiger partial charge in [-0.3, -0.25) is 4.79 Å². The Hall–Kier alpha value is -4.93. The molecule has 0 saturated heterocycles. The predicted molar refractivity (Wildman–Crippen MR) is 204 cm³/mol. The van der Waals surface area contributed by atoms with Gasteiger partial charge in [0, 0.05) is 43.2 Å². The van der Waals surface area contributed by atoms with E-state index in [-0.39, 0.29) is 18.4 Å². The number of carbonyl (C=O) groups is 1. The highest BCUT2D eigenvalue weighted by Crippen LogP contribution is 2.50. The quantitative estimate of drug-likeness (QED) is 0.0925. The van der Waals surface area contributed by atoms with Crippen LogP contribution >= 0.6 is 0 Å². The molecule has 1 saturated carbocycles. The number of nitrogens with one attached hydrogen (secondary N) is 2. The Balaban J connectivity index is 1.17. The van der Waals surface area contributed by atoms with Crippen LogP contribution in [0.3, 0.4) is 0 Å². The Morgan fingerprint density at radius 3 is 2.81 bits per heavy atom. The number of unbranched alkanes of at least 4 members (excludes halogenated alkanes) is 2. The van der Waals surface area contributed by atoms with Crippen LogP contribution in [0.4, 0.5) is 0 Å². The first-order valence-electron chi connectivity index (χ1n) is 19.2. The first-order valence-corrected chi connectivity index (χ1v) is 19.2. The number of hydrogen-bond acceptors (Lipinski definition) is 7. The Labute approximate surface area is 310 Å². The van der Waals surface area contributed by atoms with Crippen molar-refractivity contribution in [2.75, 3.05) is 0 Å². The SMILES string of the molecule is CCCCC[C@@H](O)CC(=O)CCc1ccc2c(c1)O[C@H]1[C@@H](C#C[C@@H](O)c3ccc4c(c3Cc3c[nH]c5cn1cc35)C=CN[C@@H]4N)C1(C#CO2)CCCC1. The second kappa shape index (κ2) is 14.8. The highest BCUT2D eigenvalue weighted by atomic mass is 16.5. The summed E-state index contributed by atoms with van der Waals surface area (Å²) < 4.78 is 15.3. The molecular formula is C44H48N4O5. The van der Waals surface area contributed by atoms with Crippen molar-refractivity contribution >= 4 is 22.8 Å². The topological polar surface area (TPSA) is 135 Å². The van der Waals surface area contributed by atoms with Gasteiger partial charge in [0.1, 0.15) is 24.2 Å². The lowest BCUT2D eigenvalue weighted by molar-refractivity contribution is -0.121. The smallest absolute Gasteiger partial charge is 0.191 e. The summed E-state index contributed by atoms with van der Waals surface area (Å²) in [6.07, 6.45) is 19.6. The number of aliphatic hydroxyl groups is 2. The summed E-state index contributed by atoms with van der Waals surface area (Å²) in [5.74, 6) is 11.0. The Morgan fingerprint density at radius 1 is 1.11 bits per heavy atom. The van der Waals surface area contributed by atoms with Crippen LogP contribution in [0.1, 0.15) is 123 Å². The van der Waals surface area contributed by atoms with Crippen molar-refractivity contribution in [1.29, 1.82) is 0 Å². The first kappa shape index (κ1) is 35.1. The molecule has 3 aliphatic heterocycles. The first-order chi connectivity index (χ1) is 25.8. The fraction of sp³-hybridized carbons (Fsp3) is 0.432. The lowest BCUT2D eigenvalue weighted by atomic mass is 9.73. The molecule has 4 aliphatic rings. The van der Waals surface area contributed by atoms with Crippen molar-refractivity contribution in [1.82, 2.24) is 14.9 Å². The fourth-order valence-electron chi connectivity index (χ4n) is 8.64. The lowest BCUT2D eigenvalue weighted by Gasteiger charge is -2.35. The second-order valence-electron chi connectivity index (χ2n) is 15.2. The van der Waals surface area contributed by atoms with Gasteiger partial charge in [0.15, 0.2) is 17.7 Å². The van der Waals surface area contributed by atoms with E-state index in [9.17, 15) is 15.0 Å². The van der Waals surface area contributed by atoms with Crippen LogP contribution < -0.4 is 20.5 Å². The summed E-state index contributed by atoms with van der Waals surface area (Å²) in [7, 11) is 0. The van der Waals surface area contributed by atoms with Crippen LogP contribution in [0.15, 0.2) is 55.1 Å². The molecule has 8 rings (SSSR count). The third-order valence-electron chi connectivity index (χ3n) is 11.6. The van der Waals surface area contributed by atoms with Crippen molar-refractivity contribution in [3.63, 3.8) is 0 Å². The van der Waals surface area contributed by atoms with Crippen molar-refractivity contribution in [3.05, 3.63) is 88.5 Å². The van der Waals surface area contributed by atoms with E-state index in [1.54, 1.807) is 0 Å². The maximum atomic E-state index is 12.8. The van der Waals surface area contributed by atoms with Crippen LogP contribution in [0, 0.1) is 35.2 Å². The standard InChI is InChI=1S/C44H48N4O5/c1-2-3-4-7-30(49)24-31(50)10-8-28-9-15-40-41(22-28)53-43-37(44(19-21-52-40)17-5-6-18-44)13-14-39(51)33-11-12-34-32(16-20-46-42(34)45)35(33)23-29-25-47-38-27-48(43)26-36(29)38/h9,11-12,15-16,20,22,25-27,30,37,39,42-43,46-47,49,51H,2-8,10,17-18,23-24,45H2,1H3/t30-,37-,39-,42+,43+/m1/s1. The molecule has 5 heterocycles. The minimum absolute atomic E-state index is 0.0489. The number of rotatable bonds is 9. The van der Waals surface area contributed by atoms with Crippen molar-refractivity contribution in [3.8, 4) is 35.4 Å². The highest BCUT2D eigenvalue weighted by molar-refractivity contribution is 5.84. The van der Waals surface area contributed by atoms with Gasteiger partial charge in [-0.05, 0) is 83.5 Å². The molecule has 0 unspecified atom stereocenters. The fourth-order valence-corrected chi connectivity index (χ4v) is 8.64. The van der Waals surface area contributed by atoms with Crippen molar-refractivity contribution in [2.45, 2.75) is 109 Å². The third kappa shape index (κ3) is 6.98. The molecule has 4 aromatic rings. The predicted octanol–water partition coefficient (Wildman–Crippen LogP) is 7.08. The normalized spacial score (nSPS) is 22.6. The zero-order valence-corrected chi connectivity index (χ0v) is 30.3. The van der Waals surface area contributed by atoms with Gasteiger partial charge in [0.25, 0.3) is 0 Å². The second-order valence-corrected chi connectivity index (χ2v) is 15.2. The molecule has 2 bridgehead atoms. The number of Topliss-reactive ketones (excluding diaryl/α,β-unsaturated/α-hetero) is 1. The number of nitrogens with two attached hydrogens (primary N) is 1. The molecular weight excluding hydrogens is 665 g/mol. The summed E-state index contributed by atoms with van der Waals surface area (Å²) in [5, 5.41) is 26.5. The Bertz CT molecular complexity index is 2170. The van der Waals surface area contributed by atoms with E-state index < -0.39 is 29.8 Å². The van der Waals surface area contributed by atoms with E-state index in [2.05, 4.69) is 58.1 Å². The van der Waals surface area contributed by atoms with Crippen LogP contribution in [0.5, 0.6) is 11.5 Å². The van der Waals surface area contributed by atoms with Crippen LogP contribution in [-0.4, -0.2) is 31.7 Å². The summed E-state index contributed by atoms with van der Waals surface area (Å²) in [4.78, 5) is 16.3. The van der Waals surface area contributed by atoms with Gasteiger partial charge in [-0.1, -0.05) is 75.0 Å². The highest BCUT2D eigenvalue weighted by Gasteiger charge is 2.46. The van der Waals surface area contributed by atoms with E-state index in [0.717, 1.165) is 89.2 Å². The van der Waals surface area contributed by atoms with E-state index in [4.69, 9.17) is 15.2 Å². The molecule has 1 spiro atoms.